The molecule has 4 heterocycles. The fourth-order valence-electron chi connectivity index (χ4n) is 6.91. The van der Waals surface area contributed by atoms with Crippen molar-refractivity contribution in [3.8, 4) is 22.8 Å². The van der Waals surface area contributed by atoms with Crippen LogP contribution in [0.4, 0.5) is 0 Å². The first-order valence-electron chi connectivity index (χ1n) is 17.6. The molecule has 0 spiro atoms. The lowest BCUT2D eigenvalue weighted by molar-refractivity contribution is 0.0725. The van der Waals surface area contributed by atoms with Gasteiger partial charge in [-0.2, -0.15) is 4.31 Å². The SMILES string of the molecule is O=C(c1c(-c2ccccc2)n(C2CCCN(S(=O)(=O)c3ccccc3)C2)c(=O)n1Cc1cccc(OCCOc2cccnc2)c1)N1CCNCC1. The third-order valence-electron chi connectivity index (χ3n) is 9.43. The molecular formula is C39H42N6O6S. The molecule has 1 atom stereocenters. The molecule has 0 bridgehead atoms. The number of imidazole rings is 1. The molecule has 2 aliphatic heterocycles. The number of piperazine rings is 1. The van der Waals surface area contributed by atoms with Crippen LogP contribution < -0.4 is 20.5 Å². The number of pyridine rings is 1. The van der Waals surface area contributed by atoms with Crippen molar-refractivity contribution in [2.45, 2.75) is 30.3 Å². The van der Waals surface area contributed by atoms with Crippen LogP contribution in [-0.2, 0) is 16.6 Å². The lowest BCUT2D eigenvalue weighted by Crippen LogP contribution is -2.47. The van der Waals surface area contributed by atoms with Crippen molar-refractivity contribution in [1.29, 1.82) is 0 Å². The summed E-state index contributed by atoms with van der Waals surface area (Å²) < 4.78 is 44.0. The number of amides is 1. The van der Waals surface area contributed by atoms with E-state index in [0.717, 1.165) is 5.56 Å². The van der Waals surface area contributed by atoms with Crippen LogP contribution in [0.3, 0.4) is 0 Å². The van der Waals surface area contributed by atoms with Gasteiger partial charge in [0.25, 0.3) is 5.91 Å². The van der Waals surface area contributed by atoms with Gasteiger partial charge in [-0.15, -0.1) is 0 Å². The van der Waals surface area contributed by atoms with E-state index in [2.05, 4.69) is 10.3 Å². The Kier molecular flexibility index (Phi) is 10.8. The second-order valence-corrected chi connectivity index (χ2v) is 14.8. The number of hydrogen-bond donors (Lipinski definition) is 1. The summed E-state index contributed by atoms with van der Waals surface area (Å²) in [5.74, 6) is 1.02. The van der Waals surface area contributed by atoms with Crippen molar-refractivity contribution in [2.75, 3.05) is 52.5 Å². The number of benzene rings is 3. The van der Waals surface area contributed by atoms with E-state index in [1.165, 1.54) is 4.31 Å². The van der Waals surface area contributed by atoms with Gasteiger partial charge in [0.05, 0.1) is 29.4 Å². The molecule has 3 aromatic carbocycles. The maximum Gasteiger partial charge on any atom is 0.329 e. The Bertz CT molecular complexity index is 2130. The summed E-state index contributed by atoms with van der Waals surface area (Å²) in [5, 5.41) is 3.30. The van der Waals surface area contributed by atoms with Crippen LogP contribution >= 0.6 is 0 Å². The smallest absolute Gasteiger partial charge is 0.329 e. The second kappa shape index (κ2) is 16.0. The average Bonchev–Trinajstić information content (AvgIpc) is 3.48. The molecule has 52 heavy (non-hydrogen) atoms. The number of rotatable bonds is 12. The highest BCUT2D eigenvalue weighted by molar-refractivity contribution is 7.89. The standard InChI is InChI=1S/C39H42N6O6S/c46-38(42-22-19-40-20-23-42)37-36(31-11-3-1-4-12-31)45(32-13-9-21-43(29-32)52(48,49)35-16-5-2-6-17-35)39(47)44(37)28-30-10-7-14-33(26-30)50-24-25-51-34-15-8-18-41-27-34/h1-8,10-12,14-18,26-27,32,40H,9,13,19-25,28-29H2. The van der Waals surface area contributed by atoms with Gasteiger partial charge in [0.1, 0.15) is 30.4 Å². The van der Waals surface area contributed by atoms with Crippen LogP contribution in [0.2, 0.25) is 0 Å². The maximum absolute atomic E-state index is 14.9. The molecule has 0 saturated carbocycles. The summed E-state index contributed by atoms with van der Waals surface area (Å²) in [6, 6.07) is 28.4. The quantitative estimate of drug-likeness (QED) is 0.189. The minimum Gasteiger partial charge on any atom is -0.490 e. The van der Waals surface area contributed by atoms with Crippen LogP contribution in [0, 0.1) is 0 Å². The second-order valence-electron chi connectivity index (χ2n) is 12.8. The van der Waals surface area contributed by atoms with E-state index in [9.17, 15) is 18.0 Å². The molecule has 270 valence electrons. The predicted octanol–water partition coefficient (Wildman–Crippen LogP) is 4.29. The van der Waals surface area contributed by atoms with E-state index in [1.807, 2.05) is 60.7 Å². The monoisotopic (exact) mass is 722 g/mol. The van der Waals surface area contributed by atoms with Gasteiger partial charge in [-0.3, -0.25) is 18.9 Å². The molecule has 2 aromatic heterocycles. The highest BCUT2D eigenvalue weighted by Gasteiger charge is 2.37. The van der Waals surface area contributed by atoms with Crippen LogP contribution in [-0.4, -0.2) is 90.1 Å². The molecule has 12 nitrogen and oxygen atoms in total. The lowest BCUT2D eigenvalue weighted by atomic mass is 10.0. The van der Waals surface area contributed by atoms with Crippen LogP contribution in [0.15, 0.2) is 119 Å². The molecule has 2 aliphatic rings. The third-order valence-corrected chi connectivity index (χ3v) is 11.3. The Balaban J connectivity index is 1.26. The minimum atomic E-state index is -3.81. The number of hydrogen-bond acceptors (Lipinski definition) is 8. The summed E-state index contributed by atoms with van der Waals surface area (Å²) in [6.45, 7) is 3.48. The minimum absolute atomic E-state index is 0.104. The van der Waals surface area contributed by atoms with Crippen LogP contribution in [0.5, 0.6) is 11.5 Å². The first kappa shape index (κ1) is 35.2. The van der Waals surface area contributed by atoms with Crippen molar-refractivity contribution in [3.05, 3.63) is 131 Å². The van der Waals surface area contributed by atoms with Gasteiger partial charge in [0.2, 0.25) is 10.0 Å². The molecule has 5 aromatic rings. The van der Waals surface area contributed by atoms with Crippen LogP contribution in [0.25, 0.3) is 11.3 Å². The number of aromatic nitrogens is 3. The summed E-state index contributed by atoms with van der Waals surface area (Å²) in [5.41, 5.74) is 1.91. The van der Waals surface area contributed by atoms with E-state index >= 15 is 0 Å². The Morgan fingerprint density at radius 2 is 1.56 bits per heavy atom. The third kappa shape index (κ3) is 7.66. The molecule has 1 amide bonds. The average molecular weight is 723 g/mol. The van der Waals surface area contributed by atoms with Gasteiger partial charge in [-0.25, -0.2) is 13.2 Å². The van der Waals surface area contributed by atoms with Crippen molar-refractivity contribution in [2.24, 2.45) is 0 Å². The first-order valence-corrected chi connectivity index (χ1v) is 19.0. The summed E-state index contributed by atoms with van der Waals surface area (Å²) in [4.78, 5) is 35.5. The Hall–Kier alpha value is -5.24. The van der Waals surface area contributed by atoms with E-state index in [0.29, 0.717) is 81.5 Å². The van der Waals surface area contributed by atoms with Crippen molar-refractivity contribution >= 4 is 15.9 Å². The predicted molar refractivity (Wildman–Crippen MR) is 197 cm³/mol. The van der Waals surface area contributed by atoms with E-state index in [1.54, 1.807) is 62.8 Å². The molecule has 2 saturated heterocycles. The fourth-order valence-corrected chi connectivity index (χ4v) is 8.45. The topological polar surface area (TPSA) is 128 Å². The maximum atomic E-state index is 14.9. The summed E-state index contributed by atoms with van der Waals surface area (Å²) in [6.07, 6.45) is 4.46. The van der Waals surface area contributed by atoms with Gasteiger partial charge in [-0.1, -0.05) is 60.7 Å². The normalized spacial score (nSPS) is 16.8. The van der Waals surface area contributed by atoms with E-state index in [-0.39, 0.29) is 35.3 Å². The zero-order valence-corrected chi connectivity index (χ0v) is 29.7. The summed E-state index contributed by atoms with van der Waals surface area (Å²) in [7, 11) is -3.81. The molecule has 0 radical (unpaired) electrons. The van der Waals surface area contributed by atoms with Gasteiger partial charge >= 0.3 is 5.69 Å². The lowest BCUT2D eigenvalue weighted by Gasteiger charge is -2.33. The van der Waals surface area contributed by atoms with Gasteiger partial charge in [-0.05, 0) is 54.8 Å². The van der Waals surface area contributed by atoms with E-state index < -0.39 is 16.1 Å². The molecule has 1 unspecified atom stereocenters. The van der Waals surface area contributed by atoms with Crippen molar-refractivity contribution in [3.63, 3.8) is 0 Å². The van der Waals surface area contributed by atoms with Crippen LogP contribution in [0.1, 0.15) is 34.9 Å². The van der Waals surface area contributed by atoms with Gasteiger partial charge < -0.3 is 19.7 Å². The molecule has 1 N–H and O–H groups in total. The molecule has 2 fully saturated rings. The molecule has 7 rings (SSSR count). The largest absolute Gasteiger partial charge is 0.490 e. The number of sulfonamides is 1. The van der Waals surface area contributed by atoms with Crippen molar-refractivity contribution < 1.29 is 22.7 Å². The molecule has 13 heteroatoms. The number of nitrogens with zero attached hydrogens (tertiary/aromatic N) is 5. The highest BCUT2D eigenvalue weighted by Crippen LogP contribution is 2.33. The molecular weight excluding hydrogens is 681 g/mol. The number of carbonyl (C=O) groups excluding carboxylic acids is 1. The molecule has 0 aliphatic carbocycles. The summed E-state index contributed by atoms with van der Waals surface area (Å²) >= 11 is 0. The zero-order valence-electron chi connectivity index (χ0n) is 28.8. The highest BCUT2D eigenvalue weighted by atomic mass is 32.2. The Morgan fingerprint density at radius 3 is 2.29 bits per heavy atom. The number of ether oxygens (including phenoxy) is 2. The van der Waals surface area contributed by atoms with Crippen molar-refractivity contribution in [1.82, 2.24) is 28.6 Å². The van der Waals surface area contributed by atoms with E-state index in [4.69, 9.17) is 9.47 Å². The number of carbonyl (C=O) groups is 1. The Morgan fingerprint density at radius 1 is 0.846 bits per heavy atom. The fraction of sp³-hybridized carbons (Fsp3) is 0.308. The van der Waals surface area contributed by atoms with Gasteiger partial charge in [0, 0.05) is 51.0 Å². The number of nitrogens with one attached hydrogen (secondary N) is 1. The number of piperidine rings is 1. The Labute approximate surface area is 303 Å². The zero-order chi connectivity index (χ0) is 35.9. The first-order chi connectivity index (χ1) is 25.4. The van der Waals surface area contributed by atoms with Gasteiger partial charge in [0.15, 0.2) is 0 Å².